The summed E-state index contributed by atoms with van der Waals surface area (Å²) in [5.41, 5.74) is 1.87. The van der Waals surface area contributed by atoms with Crippen LogP contribution in [-0.2, 0) is 0 Å². The molecule has 1 aromatic carbocycles. The second kappa shape index (κ2) is 5.59. The van der Waals surface area contributed by atoms with Gasteiger partial charge in [0.05, 0.1) is 0 Å². The number of benzene rings is 1. The molecule has 0 spiro atoms. The van der Waals surface area contributed by atoms with Crippen molar-refractivity contribution >= 4 is 40.8 Å². The molecule has 0 aliphatic carbocycles. The first-order valence-electron chi connectivity index (χ1n) is 5.58. The molecular weight excluding hydrogens is 285 g/mol. The minimum absolute atomic E-state index is 0.140. The first-order valence-corrected chi connectivity index (χ1v) is 6.33. The van der Waals surface area contributed by atoms with Crippen molar-refractivity contribution in [2.75, 3.05) is 24.3 Å². The minimum atomic E-state index is 0.140. The van der Waals surface area contributed by atoms with Crippen molar-refractivity contribution in [1.82, 2.24) is 15.0 Å². The van der Waals surface area contributed by atoms with E-state index in [-0.39, 0.29) is 5.28 Å². The van der Waals surface area contributed by atoms with Crippen LogP contribution in [0.4, 0.5) is 17.6 Å². The van der Waals surface area contributed by atoms with Crippen LogP contribution in [0.5, 0.6) is 0 Å². The molecule has 0 aliphatic rings. The molecule has 7 heteroatoms. The van der Waals surface area contributed by atoms with Gasteiger partial charge in [-0.1, -0.05) is 17.7 Å². The van der Waals surface area contributed by atoms with Crippen LogP contribution < -0.4 is 10.2 Å². The summed E-state index contributed by atoms with van der Waals surface area (Å²) in [7, 11) is 3.67. The van der Waals surface area contributed by atoms with E-state index in [1.807, 2.05) is 39.2 Å². The second-order valence-electron chi connectivity index (χ2n) is 4.21. The molecule has 0 fully saturated rings. The topological polar surface area (TPSA) is 53.9 Å². The van der Waals surface area contributed by atoms with E-state index in [0.717, 1.165) is 11.3 Å². The van der Waals surface area contributed by atoms with Crippen LogP contribution in [0.1, 0.15) is 5.56 Å². The Morgan fingerprint density at radius 2 is 1.84 bits per heavy atom. The molecule has 2 rings (SSSR count). The molecule has 0 radical (unpaired) electrons. The average Bonchev–Trinajstić information content (AvgIpc) is 2.33. The first kappa shape index (κ1) is 13.8. The zero-order valence-corrected chi connectivity index (χ0v) is 12.3. The molecule has 2 aromatic rings. The summed E-state index contributed by atoms with van der Waals surface area (Å²) in [5, 5.41) is 3.87. The Hall–Kier alpha value is -1.59. The van der Waals surface area contributed by atoms with Gasteiger partial charge in [0.15, 0.2) is 0 Å². The third kappa shape index (κ3) is 3.45. The minimum Gasteiger partial charge on any atom is -0.347 e. The van der Waals surface area contributed by atoms with Gasteiger partial charge in [0.25, 0.3) is 0 Å². The molecule has 19 heavy (non-hydrogen) atoms. The zero-order valence-electron chi connectivity index (χ0n) is 10.8. The number of hydrogen-bond acceptors (Lipinski definition) is 5. The van der Waals surface area contributed by atoms with Crippen LogP contribution in [0.15, 0.2) is 18.2 Å². The Bertz CT molecular complexity index is 601. The Morgan fingerprint density at radius 3 is 2.53 bits per heavy atom. The molecular formula is C12H13Cl2N5. The van der Waals surface area contributed by atoms with E-state index < -0.39 is 0 Å². The molecule has 1 aromatic heterocycles. The molecule has 0 unspecified atom stereocenters. The van der Waals surface area contributed by atoms with Gasteiger partial charge in [0.1, 0.15) is 0 Å². The lowest BCUT2D eigenvalue weighted by atomic mass is 10.2. The normalized spacial score (nSPS) is 10.4. The third-order valence-electron chi connectivity index (χ3n) is 2.44. The lowest BCUT2D eigenvalue weighted by Crippen LogP contribution is -2.14. The molecule has 0 bridgehead atoms. The van der Waals surface area contributed by atoms with E-state index in [1.165, 1.54) is 0 Å². The maximum atomic E-state index is 5.97. The molecule has 0 saturated carbocycles. The van der Waals surface area contributed by atoms with Crippen LogP contribution in [0.3, 0.4) is 0 Å². The zero-order chi connectivity index (χ0) is 14.0. The smallest absolute Gasteiger partial charge is 0.233 e. The quantitative estimate of drug-likeness (QED) is 0.942. The van der Waals surface area contributed by atoms with Gasteiger partial charge >= 0.3 is 0 Å². The highest BCUT2D eigenvalue weighted by Crippen LogP contribution is 2.23. The van der Waals surface area contributed by atoms with E-state index >= 15 is 0 Å². The lowest BCUT2D eigenvalue weighted by molar-refractivity contribution is 0.961. The number of anilines is 3. The van der Waals surface area contributed by atoms with Crippen molar-refractivity contribution in [1.29, 1.82) is 0 Å². The average molecular weight is 298 g/mol. The second-order valence-corrected chi connectivity index (χ2v) is 4.98. The van der Waals surface area contributed by atoms with Crippen LogP contribution in [0.2, 0.25) is 10.3 Å². The highest BCUT2D eigenvalue weighted by atomic mass is 35.5. The molecule has 1 N–H and O–H groups in total. The van der Waals surface area contributed by atoms with E-state index in [0.29, 0.717) is 16.9 Å². The fraction of sp³-hybridized carbons (Fsp3) is 0.250. The van der Waals surface area contributed by atoms with Crippen molar-refractivity contribution < 1.29 is 0 Å². The predicted octanol–water partition coefficient (Wildman–Crippen LogP) is 3.30. The molecule has 0 amide bonds. The van der Waals surface area contributed by atoms with E-state index in [4.69, 9.17) is 23.2 Å². The standard InChI is InChI=1S/C12H13Cl2N5/c1-7-4-5-8(13)6-9(7)15-11-16-10(14)17-12(18-11)19(2)3/h4-6H,1-3H3,(H,15,16,17,18). The maximum Gasteiger partial charge on any atom is 0.233 e. The number of aromatic nitrogens is 3. The van der Waals surface area contributed by atoms with E-state index in [2.05, 4.69) is 20.3 Å². The molecule has 0 saturated heterocycles. The fourth-order valence-electron chi connectivity index (χ4n) is 1.44. The number of halogens is 2. The third-order valence-corrected chi connectivity index (χ3v) is 2.85. The highest BCUT2D eigenvalue weighted by molar-refractivity contribution is 6.31. The Morgan fingerprint density at radius 1 is 1.11 bits per heavy atom. The van der Waals surface area contributed by atoms with E-state index in [1.54, 1.807) is 4.90 Å². The maximum absolute atomic E-state index is 5.97. The van der Waals surface area contributed by atoms with Gasteiger partial charge in [-0.2, -0.15) is 15.0 Å². The molecule has 5 nitrogen and oxygen atoms in total. The monoisotopic (exact) mass is 297 g/mol. The van der Waals surface area contributed by atoms with Crippen molar-refractivity contribution in [3.63, 3.8) is 0 Å². The van der Waals surface area contributed by atoms with Crippen LogP contribution >= 0.6 is 23.2 Å². The van der Waals surface area contributed by atoms with Crippen LogP contribution in [0.25, 0.3) is 0 Å². The van der Waals surface area contributed by atoms with Gasteiger partial charge in [0.2, 0.25) is 17.2 Å². The number of aryl methyl sites for hydroxylation is 1. The Kier molecular flexibility index (Phi) is 4.07. The van der Waals surface area contributed by atoms with Crippen molar-refractivity contribution in [3.05, 3.63) is 34.1 Å². The SMILES string of the molecule is Cc1ccc(Cl)cc1Nc1nc(Cl)nc(N(C)C)n1. The molecule has 0 atom stereocenters. The fourth-order valence-corrected chi connectivity index (χ4v) is 1.77. The lowest BCUT2D eigenvalue weighted by Gasteiger charge is -2.13. The van der Waals surface area contributed by atoms with Gasteiger partial charge in [-0.15, -0.1) is 0 Å². The first-order chi connectivity index (χ1) is 8.95. The predicted molar refractivity (Wildman–Crippen MR) is 78.6 cm³/mol. The Labute approximate surface area is 121 Å². The summed E-state index contributed by atoms with van der Waals surface area (Å²) in [4.78, 5) is 14.1. The van der Waals surface area contributed by atoms with Crippen LogP contribution in [-0.4, -0.2) is 29.0 Å². The summed E-state index contributed by atoms with van der Waals surface area (Å²) in [5.74, 6) is 0.872. The summed E-state index contributed by atoms with van der Waals surface area (Å²) in [6.45, 7) is 1.97. The van der Waals surface area contributed by atoms with Crippen molar-refractivity contribution in [2.45, 2.75) is 6.92 Å². The molecule has 1 heterocycles. The number of hydrogen-bond donors (Lipinski definition) is 1. The van der Waals surface area contributed by atoms with Gasteiger partial charge in [-0.05, 0) is 36.2 Å². The number of nitrogens with zero attached hydrogens (tertiary/aromatic N) is 4. The van der Waals surface area contributed by atoms with Crippen molar-refractivity contribution in [2.24, 2.45) is 0 Å². The summed E-state index contributed by atoms with van der Waals surface area (Å²) in [6, 6.07) is 5.55. The molecule has 0 aliphatic heterocycles. The Balaban J connectivity index is 2.35. The summed E-state index contributed by atoms with van der Waals surface area (Å²) < 4.78 is 0. The van der Waals surface area contributed by atoms with Gasteiger partial charge in [0, 0.05) is 24.8 Å². The largest absolute Gasteiger partial charge is 0.347 e. The number of nitrogens with one attached hydrogen (secondary N) is 1. The van der Waals surface area contributed by atoms with Gasteiger partial charge in [-0.25, -0.2) is 0 Å². The van der Waals surface area contributed by atoms with Gasteiger partial charge < -0.3 is 10.2 Å². The summed E-state index contributed by atoms with van der Waals surface area (Å²) in [6.07, 6.45) is 0. The molecule has 100 valence electrons. The van der Waals surface area contributed by atoms with E-state index in [9.17, 15) is 0 Å². The number of rotatable bonds is 3. The van der Waals surface area contributed by atoms with Crippen molar-refractivity contribution in [3.8, 4) is 0 Å². The van der Waals surface area contributed by atoms with Gasteiger partial charge in [-0.3, -0.25) is 0 Å². The van der Waals surface area contributed by atoms with Crippen LogP contribution in [0, 0.1) is 6.92 Å². The highest BCUT2D eigenvalue weighted by Gasteiger charge is 2.08. The summed E-state index contributed by atoms with van der Waals surface area (Å²) >= 11 is 11.8.